The Morgan fingerprint density at radius 3 is 2.43 bits per heavy atom. The van der Waals surface area contributed by atoms with E-state index in [0.29, 0.717) is 6.61 Å². The largest absolute Gasteiger partial charge is 0.377 e. The molecule has 5 heteroatoms. The van der Waals surface area contributed by atoms with Crippen molar-refractivity contribution in [3.05, 3.63) is 35.4 Å². The SMILES string of the molecule is N[C@H]1CCCN[C@H]1COC1CCC(c2c(F)cccc2F)CC1. The summed E-state index contributed by atoms with van der Waals surface area (Å²) < 4.78 is 33.8. The lowest BCUT2D eigenvalue weighted by Crippen LogP contribution is -2.52. The molecule has 0 radical (unpaired) electrons. The smallest absolute Gasteiger partial charge is 0.129 e. The van der Waals surface area contributed by atoms with Crippen LogP contribution in [0.3, 0.4) is 0 Å². The second-order valence-electron chi connectivity index (χ2n) is 6.81. The molecule has 3 N–H and O–H groups in total. The van der Waals surface area contributed by atoms with Crippen LogP contribution >= 0.6 is 0 Å². The van der Waals surface area contributed by atoms with Crippen molar-refractivity contribution in [3.63, 3.8) is 0 Å². The third kappa shape index (κ3) is 4.08. The fourth-order valence-corrected chi connectivity index (χ4v) is 3.82. The molecule has 0 spiro atoms. The first-order valence-corrected chi connectivity index (χ1v) is 8.69. The minimum Gasteiger partial charge on any atom is -0.377 e. The molecule has 23 heavy (non-hydrogen) atoms. The van der Waals surface area contributed by atoms with Gasteiger partial charge in [-0.3, -0.25) is 0 Å². The van der Waals surface area contributed by atoms with Crippen LogP contribution in [0.1, 0.15) is 50.0 Å². The summed E-state index contributed by atoms with van der Waals surface area (Å²) in [6.07, 6.45) is 5.58. The molecule has 0 bridgehead atoms. The average Bonchev–Trinajstić information content (AvgIpc) is 2.55. The van der Waals surface area contributed by atoms with Crippen LogP contribution < -0.4 is 11.1 Å². The Labute approximate surface area is 136 Å². The lowest BCUT2D eigenvalue weighted by molar-refractivity contribution is 0.00584. The summed E-state index contributed by atoms with van der Waals surface area (Å²) in [6.45, 7) is 1.63. The van der Waals surface area contributed by atoms with Crippen LogP contribution in [0.4, 0.5) is 8.78 Å². The van der Waals surface area contributed by atoms with Gasteiger partial charge in [-0.2, -0.15) is 0 Å². The molecule has 1 aliphatic heterocycles. The Kier molecular flexibility index (Phi) is 5.62. The van der Waals surface area contributed by atoms with Crippen molar-refractivity contribution in [1.82, 2.24) is 5.32 Å². The maximum absolute atomic E-state index is 13.9. The average molecular weight is 324 g/mol. The second kappa shape index (κ2) is 7.69. The summed E-state index contributed by atoms with van der Waals surface area (Å²) in [5, 5.41) is 3.41. The maximum Gasteiger partial charge on any atom is 0.129 e. The van der Waals surface area contributed by atoms with Gasteiger partial charge in [0, 0.05) is 17.6 Å². The molecule has 2 atom stereocenters. The van der Waals surface area contributed by atoms with Crippen LogP contribution in [0, 0.1) is 11.6 Å². The van der Waals surface area contributed by atoms with Crippen LogP contribution in [0.5, 0.6) is 0 Å². The van der Waals surface area contributed by atoms with Crippen molar-refractivity contribution in [1.29, 1.82) is 0 Å². The first-order chi connectivity index (χ1) is 11.1. The van der Waals surface area contributed by atoms with E-state index in [1.807, 2.05) is 0 Å². The molecule has 0 aromatic heterocycles. The monoisotopic (exact) mass is 324 g/mol. The Morgan fingerprint density at radius 2 is 1.78 bits per heavy atom. The summed E-state index contributed by atoms with van der Waals surface area (Å²) in [4.78, 5) is 0. The van der Waals surface area contributed by atoms with Gasteiger partial charge in [-0.25, -0.2) is 8.78 Å². The van der Waals surface area contributed by atoms with E-state index < -0.39 is 11.6 Å². The molecular formula is C18H26F2N2O. The summed E-state index contributed by atoms with van der Waals surface area (Å²) in [7, 11) is 0. The van der Waals surface area contributed by atoms with Gasteiger partial charge in [0.25, 0.3) is 0 Å². The van der Waals surface area contributed by atoms with E-state index in [1.165, 1.54) is 18.2 Å². The van der Waals surface area contributed by atoms with Crippen LogP contribution in [0.15, 0.2) is 18.2 Å². The molecule has 128 valence electrons. The number of nitrogens with two attached hydrogens (primary N) is 1. The number of hydrogen-bond acceptors (Lipinski definition) is 3. The minimum absolute atomic E-state index is 0.0360. The van der Waals surface area contributed by atoms with Crippen LogP contribution in [-0.2, 0) is 4.74 Å². The predicted molar refractivity (Wildman–Crippen MR) is 86.3 cm³/mol. The molecule has 1 saturated carbocycles. The molecule has 2 fully saturated rings. The van der Waals surface area contributed by atoms with E-state index in [9.17, 15) is 8.78 Å². The highest BCUT2D eigenvalue weighted by Crippen LogP contribution is 2.36. The molecule has 1 heterocycles. The Hall–Kier alpha value is -1.04. The normalized spacial score (nSPS) is 32.0. The lowest BCUT2D eigenvalue weighted by Gasteiger charge is -2.33. The zero-order valence-corrected chi connectivity index (χ0v) is 13.4. The third-order valence-electron chi connectivity index (χ3n) is 5.23. The highest BCUT2D eigenvalue weighted by atomic mass is 19.1. The first kappa shape index (κ1) is 16.8. The molecule has 1 aromatic carbocycles. The van der Waals surface area contributed by atoms with E-state index in [-0.39, 0.29) is 29.7 Å². The molecule has 1 saturated heterocycles. The van der Waals surface area contributed by atoms with E-state index in [4.69, 9.17) is 10.5 Å². The molecule has 3 rings (SSSR count). The number of nitrogens with one attached hydrogen (secondary N) is 1. The van der Waals surface area contributed by atoms with Gasteiger partial charge in [0.15, 0.2) is 0 Å². The van der Waals surface area contributed by atoms with E-state index in [0.717, 1.165) is 45.1 Å². The van der Waals surface area contributed by atoms with Crippen molar-refractivity contribution in [3.8, 4) is 0 Å². The molecule has 1 aliphatic carbocycles. The van der Waals surface area contributed by atoms with E-state index in [1.54, 1.807) is 0 Å². The highest BCUT2D eigenvalue weighted by Gasteiger charge is 2.28. The molecule has 0 amide bonds. The summed E-state index contributed by atoms with van der Waals surface area (Å²) in [6, 6.07) is 4.50. The fourth-order valence-electron chi connectivity index (χ4n) is 3.82. The van der Waals surface area contributed by atoms with Gasteiger partial charge in [0.1, 0.15) is 11.6 Å². The Balaban J connectivity index is 1.49. The van der Waals surface area contributed by atoms with Gasteiger partial charge in [0.2, 0.25) is 0 Å². The van der Waals surface area contributed by atoms with Gasteiger partial charge in [-0.1, -0.05) is 6.07 Å². The summed E-state index contributed by atoms with van der Waals surface area (Å²) in [5.74, 6) is -0.885. The number of rotatable bonds is 4. The van der Waals surface area contributed by atoms with Crippen molar-refractivity contribution in [2.45, 2.75) is 62.6 Å². The highest BCUT2D eigenvalue weighted by molar-refractivity contribution is 5.24. The third-order valence-corrected chi connectivity index (χ3v) is 5.23. The zero-order chi connectivity index (χ0) is 16.2. The summed E-state index contributed by atoms with van der Waals surface area (Å²) >= 11 is 0. The van der Waals surface area contributed by atoms with Crippen molar-refractivity contribution in [2.24, 2.45) is 5.73 Å². The van der Waals surface area contributed by atoms with Gasteiger partial charge in [-0.15, -0.1) is 0 Å². The standard InChI is InChI=1S/C18H26F2N2O/c19-14-3-1-4-15(20)18(14)12-6-8-13(9-7-12)23-11-17-16(21)5-2-10-22-17/h1,3-4,12-13,16-17,22H,2,5-11,21H2/t12?,13?,16-,17-/m0/s1. The first-order valence-electron chi connectivity index (χ1n) is 8.69. The molecular weight excluding hydrogens is 298 g/mol. The Bertz CT molecular complexity index is 497. The molecule has 3 nitrogen and oxygen atoms in total. The quantitative estimate of drug-likeness (QED) is 0.895. The minimum atomic E-state index is -0.424. The van der Waals surface area contributed by atoms with Crippen LogP contribution in [0.2, 0.25) is 0 Å². The summed E-state index contributed by atoms with van der Waals surface area (Å²) in [5.41, 5.74) is 6.35. The number of halogens is 2. The van der Waals surface area contributed by atoms with E-state index in [2.05, 4.69) is 5.32 Å². The maximum atomic E-state index is 13.9. The number of hydrogen-bond donors (Lipinski definition) is 2. The number of ether oxygens (including phenoxy) is 1. The van der Waals surface area contributed by atoms with Crippen LogP contribution in [-0.4, -0.2) is 31.3 Å². The zero-order valence-electron chi connectivity index (χ0n) is 13.4. The van der Waals surface area contributed by atoms with Crippen LogP contribution in [0.25, 0.3) is 0 Å². The topological polar surface area (TPSA) is 47.3 Å². The van der Waals surface area contributed by atoms with Crippen molar-refractivity contribution < 1.29 is 13.5 Å². The molecule has 0 unspecified atom stereocenters. The predicted octanol–water partition coefficient (Wildman–Crippen LogP) is 3.09. The van der Waals surface area contributed by atoms with Crippen molar-refractivity contribution in [2.75, 3.05) is 13.2 Å². The van der Waals surface area contributed by atoms with Gasteiger partial charge in [0.05, 0.1) is 12.7 Å². The number of piperidine rings is 1. The second-order valence-corrected chi connectivity index (χ2v) is 6.81. The number of benzene rings is 1. The van der Waals surface area contributed by atoms with Crippen molar-refractivity contribution >= 4 is 0 Å². The van der Waals surface area contributed by atoms with E-state index >= 15 is 0 Å². The molecule has 1 aromatic rings. The Morgan fingerprint density at radius 1 is 1.09 bits per heavy atom. The van der Waals surface area contributed by atoms with Gasteiger partial charge in [-0.05, 0) is 63.1 Å². The lowest BCUT2D eigenvalue weighted by atomic mass is 9.82. The van der Waals surface area contributed by atoms with Gasteiger partial charge >= 0.3 is 0 Å². The van der Waals surface area contributed by atoms with Gasteiger partial charge < -0.3 is 15.8 Å². The molecule has 2 aliphatic rings. The fraction of sp³-hybridized carbons (Fsp3) is 0.667.